The van der Waals surface area contributed by atoms with E-state index in [1.54, 1.807) is 0 Å². The van der Waals surface area contributed by atoms with Crippen molar-refractivity contribution in [3.05, 3.63) is 65.0 Å². The second kappa shape index (κ2) is 5.95. The fourth-order valence-electron chi connectivity index (χ4n) is 1.73. The fraction of sp³-hybridized carbons (Fsp3) is 0.200. The summed E-state index contributed by atoms with van der Waals surface area (Å²) in [6, 6.07) is 15.7. The second-order valence-corrected chi connectivity index (χ2v) is 4.18. The SMILES string of the molecule is Cc1cccc(CNCc2ccc(C#N)cc2)n1. The fourth-order valence-corrected chi connectivity index (χ4v) is 1.73. The van der Waals surface area contributed by atoms with Crippen molar-refractivity contribution >= 4 is 0 Å². The van der Waals surface area contributed by atoms with Crippen molar-refractivity contribution in [3.63, 3.8) is 0 Å². The van der Waals surface area contributed by atoms with Crippen LogP contribution in [0.4, 0.5) is 0 Å². The quantitative estimate of drug-likeness (QED) is 0.889. The van der Waals surface area contributed by atoms with Crippen molar-refractivity contribution in [2.75, 3.05) is 0 Å². The summed E-state index contributed by atoms with van der Waals surface area (Å²) < 4.78 is 0. The first-order valence-corrected chi connectivity index (χ1v) is 5.90. The van der Waals surface area contributed by atoms with E-state index in [9.17, 15) is 0 Å². The van der Waals surface area contributed by atoms with E-state index in [1.165, 1.54) is 5.56 Å². The van der Waals surface area contributed by atoms with E-state index >= 15 is 0 Å². The summed E-state index contributed by atoms with van der Waals surface area (Å²) in [4.78, 5) is 4.43. The molecule has 90 valence electrons. The predicted molar refractivity (Wildman–Crippen MR) is 70.7 cm³/mol. The zero-order valence-electron chi connectivity index (χ0n) is 10.4. The molecule has 2 aromatic rings. The molecule has 1 N–H and O–H groups in total. The third-order valence-electron chi connectivity index (χ3n) is 2.66. The molecule has 0 aliphatic heterocycles. The minimum Gasteiger partial charge on any atom is -0.307 e. The molecule has 1 aromatic carbocycles. The van der Waals surface area contributed by atoms with E-state index in [0.29, 0.717) is 5.56 Å². The molecule has 18 heavy (non-hydrogen) atoms. The lowest BCUT2D eigenvalue weighted by Gasteiger charge is -2.05. The van der Waals surface area contributed by atoms with Crippen molar-refractivity contribution in [1.29, 1.82) is 5.26 Å². The van der Waals surface area contributed by atoms with Crippen molar-refractivity contribution in [2.24, 2.45) is 0 Å². The van der Waals surface area contributed by atoms with Crippen LogP contribution in [0.2, 0.25) is 0 Å². The molecule has 2 rings (SSSR count). The maximum atomic E-state index is 8.71. The van der Waals surface area contributed by atoms with Gasteiger partial charge < -0.3 is 5.32 Å². The topological polar surface area (TPSA) is 48.7 Å². The lowest BCUT2D eigenvalue weighted by Crippen LogP contribution is -2.13. The molecule has 0 spiro atoms. The van der Waals surface area contributed by atoms with Gasteiger partial charge in [-0.25, -0.2) is 0 Å². The third kappa shape index (κ3) is 3.41. The van der Waals surface area contributed by atoms with Gasteiger partial charge in [0.25, 0.3) is 0 Å². The smallest absolute Gasteiger partial charge is 0.0991 e. The number of hydrogen-bond acceptors (Lipinski definition) is 3. The van der Waals surface area contributed by atoms with Crippen LogP contribution in [0.1, 0.15) is 22.5 Å². The van der Waals surface area contributed by atoms with Gasteiger partial charge in [-0.3, -0.25) is 4.98 Å². The van der Waals surface area contributed by atoms with Gasteiger partial charge in [-0.1, -0.05) is 18.2 Å². The van der Waals surface area contributed by atoms with Crippen LogP contribution in [0, 0.1) is 18.3 Å². The standard InChI is InChI=1S/C15H15N3/c1-12-3-2-4-15(18-12)11-17-10-14-7-5-13(9-16)6-8-14/h2-8,17H,10-11H2,1H3. The van der Waals surface area contributed by atoms with Gasteiger partial charge in [0, 0.05) is 18.8 Å². The van der Waals surface area contributed by atoms with E-state index in [0.717, 1.165) is 24.5 Å². The molecule has 0 bridgehead atoms. The maximum absolute atomic E-state index is 8.71. The Balaban J connectivity index is 1.86. The van der Waals surface area contributed by atoms with E-state index in [-0.39, 0.29) is 0 Å². The molecule has 0 aliphatic rings. The summed E-state index contributed by atoms with van der Waals surface area (Å²) in [5, 5.41) is 12.0. The van der Waals surface area contributed by atoms with Gasteiger partial charge in [0.15, 0.2) is 0 Å². The Morgan fingerprint density at radius 1 is 1.11 bits per heavy atom. The molecule has 0 unspecified atom stereocenters. The van der Waals surface area contributed by atoms with Crippen LogP contribution in [0.5, 0.6) is 0 Å². The van der Waals surface area contributed by atoms with Crippen LogP contribution in [-0.4, -0.2) is 4.98 Å². The summed E-state index contributed by atoms with van der Waals surface area (Å²) in [6.45, 7) is 3.52. The van der Waals surface area contributed by atoms with Crippen LogP contribution in [0.15, 0.2) is 42.5 Å². The largest absolute Gasteiger partial charge is 0.307 e. The maximum Gasteiger partial charge on any atom is 0.0991 e. The Bertz CT molecular complexity index is 553. The van der Waals surface area contributed by atoms with Crippen LogP contribution < -0.4 is 5.32 Å². The monoisotopic (exact) mass is 237 g/mol. The Morgan fingerprint density at radius 3 is 2.56 bits per heavy atom. The van der Waals surface area contributed by atoms with Gasteiger partial charge in [0.2, 0.25) is 0 Å². The molecule has 1 heterocycles. The number of benzene rings is 1. The summed E-state index contributed by atoms with van der Waals surface area (Å²) in [5.74, 6) is 0. The van der Waals surface area contributed by atoms with Crippen LogP contribution >= 0.6 is 0 Å². The number of aromatic nitrogens is 1. The zero-order chi connectivity index (χ0) is 12.8. The summed E-state index contributed by atoms with van der Waals surface area (Å²) in [5.41, 5.74) is 3.94. The van der Waals surface area contributed by atoms with E-state index in [2.05, 4.69) is 16.4 Å². The summed E-state index contributed by atoms with van der Waals surface area (Å²) in [6.07, 6.45) is 0. The van der Waals surface area contributed by atoms with Gasteiger partial charge >= 0.3 is 0 Å². The van der Waals surface area contributed by atoms with Crippen molar-refractivity contribution in [3.8, 4) is 6.07 Å². The Labute approximate surface area is 107 Å². The highest BCUT2D eigenvalue weighted by atomic mass is 14.9. The third-order valence-corrected chi connectivity index (χ3v) is 2.66. The molecule has 0 saturated carbocycles. The summed E-state index contributed by atoms with van der Waals surface area (Å²) >= 11 is 0. The lowest BCUT2D eigenvalue weighted by molar-refractivity contribution is 0.678. The van der Waals surface area contributed by atoms with Crippen molar-refractivity contribution in [1.82, 2.24) is 10.3 Å². The predicted octanol–water partition coefficient (Wildman–Crippen LogP) is 2.55. The van der Waals surface area contributed by atoms with Gasteiger partial charge in [0.05, 0.1) is 17.3 Å². The Hall–Kier alpha value is -2.18. The highest BCUT2D eigenvalue weighted by Gasteiger charge is 1.96. The van der Waals surface area contributed by atoms with Gasteiger partial charge in [0.1, 0.15) is 0 Å². The first-order valence-electron chi connectivity index (χ1n) is 5.90. The molecular formula is C15H15N3. The number of aryl methyl sites for hydroxylation is 1. The number of hydrogen-bond donors (Lipinski definition) is 1. The number of nitrogens with one attached hydrogen (secondary N) is 1. The average Bonchev–Trinajstić information content (AvgIpc) is 2.40. The molecule has 0 aliphatic carbocycles. The lowest BCUT2D eigenvalue weighted by atomic mass is 10.1. The highest BCUT2D eigenvalue weighted by molar-refractivity contribution is 5.31. The van der Waals surface area contributed by atoms with Gasteiger partial charge in [-0.15, -0.1) is 0 Å². The zero-order valence-corrected chi connectivity index (χ0v) is 10.4. The van der Waals surface area contributed by atoms with Crippen molar-refractivity contribution in [2.45, 2.75) is 20.0 Å². The van der Waals surface area contributed by atoms with E-state index < -0.39 is 0 Å². The molecule has 0 fully saturated rings. The van der Waals surface area contributed by atoms with Crippen molar-refractivity contribution < 1.29 is 0 Å². The Morgan fingerprint density at radius 2 is 1.89 bits per heavy atom. The number of nitriles is 1. The van der Waals surface area contributed by atoms with E-state index in [4.69, 9.17) is 5.26 Å². The molecule has 3 nitrogen and oxygen atoms in total. The molecular weight excluding hydrogens is 222 g/mol. The molecule has 1 aromatic heterocycles. The van der Waals surface area contributed by atoms with Crippen LogP contribution in [0.25, 0.3) is 0 Å². The molecule has 3 heteroatoms. The van der Waals surface area contributed by atoms with E-state index in [1.807, 2.05) is 49.4 Å². The van der Waals surface area contributed by atoms with Gasteiger partial charge in [-0.2, -0.15) is 5.26 Å². The number of rotatable bonds is 4. The molecule has 0 saturated heterocycles. The number of nitrogens with zero attached hydrogens (tertiary/aromatic N) is 2. The number of pyridine rings is 1. The molecule has 0 amide bonds. The first-order chi connectivity index (χ1) is 8.78. The highest BCUT2D eigenvalue weighted by Crippen LogP contribution is 2.03. The average molecular weight is 237 g/mol. The van der Waals surface area contributed by atoms with Crippen LogP contribution in [-0.2, 0) is 13.1 Å². The van der Waals surface area contributed by atoms with Crippen LogP contribution in [0.3, 0.4) is 0 Å². The van der Waals surface area contributed by atoms with Gasteiger partial charge in [-0.05, 0) is 36.8 Å². The minimum absolute atomic E-state index is 0.694. The second-order valence-electron chi connectivity index (χ2n) is 4.18. The Kier molecular flexibility index (Phi) is 4.06. The minimum atomic E-state index is 0.694. The molecule has 0 atom stereocenters. The normalized spacial score (nSPS) is 10.0. The summed E-state index contributed by atoms with van der Waals surface area (Å²) in [7, 11) is 0. The first kappa shape index (κ1) is 12.3. The molecule has 0 radical (unpaired) electrons.